The van der Waals surface area contributed by atoms with Gasteiger partial charge in [-0.3, -0.25) is 14.4 Å². The van der Waals surface area contributed by atoms with Gasteiger partial charge in [0.15, 0.2) is 0 Å². The Morgan fingerprint density at radius 1 is 1.67 bits per heavy atom. The van der Waals surface area contributed by atoms with Crippen molar-refractivity contribution in [3.8, 4) is 0 Å². The molecule has 0 aliphatic heterocycles. The minimum absolute atomic E-state index is 0.247. The lowest BCUT2D eigenvalue weighted by molar-refractivity contribution is -0.806. The summed E-state index contributed by atoms with van der Waals surface area (Å²) >= 11 is 0. The summed E-state index contributed by atoms with van der Waals surface area (Å²) < 4.78 is 4.33. The van der Waals surface area contributed by atoms with Crippen LogP contribution in [0.15, 0.2) is 34.3 Å². The lowest BCUT2D eigenvalue weighted by atomic mass is 10.3. The van der Waals surface area contributed by atoms with Crippen molar-refractivity contribution in [3.05, 3.63) is 46.7 Å². The Morgan fingerprint density at radius 3 is 3.11 bits per heavy atom. The molecule has 0 spiro atoms. The van der Waals surface area contributed by atoms with E-state index in [0.717, 1.165) is 0 Å². The molecule has 0 saturated carbocycles. The number of pyridine rings is 1. The highest BCUT2D eigenvalue weighted by molar-refractivity contribution is 5.94. The Labute approximate surface area is 101 Å². The Bertz CT molecular complexity index is 578. The number of amides is 1. The fourth-order valence-corrected chi connectivity index (χ4v) is 1.13. The molecule has 1 N–H and O–H groups in total. The summed E-state index contributed by atoms with van der Waals surface area (Å²) in [4.78, 5) is 15.6. The second-order valence-electron chi connectivity index (χ2n) is 3.34. The second-order valence-corrected chi connectivity index (χ2v) is 3.34. The number of nitrogens with one attached hydrogen (secondary N) is 1. The third kappa shape index (κ3) is 2.48. The molecule has 8 heteroatoms. The quantitative estimate of drug-likeness (QED) is 0.458. The molecule has 2 rings (SSSR count). The van der Waals surface area contributed by atoms with Crippen LogP contribution >= 0.6 is 0 Å². The van der Waals surface area contributed by atoms with Crippen molar-refractivity contribution in [2.75, 3.05) is 0 Å². The van der Waals surface area contributed by atoms with Crippen molar-refractivity contribution in [3.63, 3.8) is 0 Å². The Morgan fingerprint density at radius 2 is 2.50 bits per heavy atom. The summed E-state index contributed by atoms with van der Waals surface area (Å²) in [5.74, 6) is -0.407. The molecule has 0 bridgehead atoms. The maximum absolute atomic E-state index is 11.5. The molecular formula is C10H9N5O3. The van der Waals surface area contributed by atoms with E-state index in [-0.39, 0.29) is 16.3 Å². The lowest BCUT2D eigenvalue weighted by Gasteiger charge is -1.96. The summed E-state index contributed by atoms with van der Waals surface area (Å²) in [6.07, 6.45) is 4.20. The van der Waals surface area contributed by atoms with Gasteiger partial charge < -0.3 is 5.21 Å². The normalized spacial score (nSPS) is 10.7. The molecule has 92 valence electrons. The van der Waals surface area contributed by atoms with Crippen LogP contribution in [0.4, 0.5) is 0 Å². The standard InChI is InChI=1S/C10H9N5O3/c1-7-9(14-18-15(7)17)6-12-13-10(16)8-3-2-4-11-5-8/h2-6H,1H3,(H,13,16)/b12-6+. The predicted octanol–water partition coefficient (Wildman–Crippen LogP) is -0.225. The number of hydrogen-bond acceptors (Lipinski definition) is 6. The molecule has 0 radical (unpaired) electrons. The third-order valence-corrected chi connectivity index (χ3v) is 2.13. The molecule has 0 aliphatic rings. The number of carbonyl (C=O) groups is 1. The summed E-state index contributed by atoms with van der Waals surface area (Å²) in [6.45, 7) is 1.52. The zero-order valence-electron chi connectivity index (χ0n) is 9.40. The van der Waals surface area contributed by atoms with E-state index in [1.807, 2.05) is 0 Å². The number of hydrogen-bond donors (Lipinski definition) is 1. The molecule has 0 aliphatic carbocycles. The second kappa shape index (κ2) is 5.04. The van der Waals surface area contributed by atoms with Gasteiger partial charge in [-0.25, -0.2) is 5.43 Å². The number of nitrogens with zero attached hydrogens (tertiary/aromatic N) is 4. The molecule has 8 nitrogen and oxygen atoms in total. The summed E-state index contributed by atoms with van der Waals surface area (Å²) in [5, 5.41) is 18.0. The van der Waals surface area contributed by atoms with Gasteiger partial charge in [-0.1, -0.05) is 0 Å². The average Bonchev–Trinajstić information content (AvgIpc) is 2.71. The molecule has 2 heterocycles. The highest BCUT2D eigenvalue weighted by Crippen LogP contribution is 1.96. The first-order valence-corrected chi connectivity index (χ1v) is 4.98. The topological polar surface area (TPSA) is 107 Å². The van der Waals surface area contributed by atoms with Crippen LogP contribution in [0, 0.1) is 12.1 Å². The van der Waals surface area contributed by atoms with Gasteiger partial charge in [0.25, 0.3) is 11.6 Å². The van der Waals surface area contributed by atoms with Crippen molar-refractivity contribution < 1.29 is 14.3 Å². The maximum atomic E-state index is 11.5. The van der Waals surface area contributed by atoms with E-state index < -0.39 is 5.91 Å². The monoisotopic (exact) mass is 247 g/mol. The van der Waals surface area contributed by atoms with Crippen LogP contribution in [-0.2, 0) is 0 Å². The zero-order chi connectivity index (χ0) is 13.0. The van der Waals surface area contributed by atoms with Crippen LogP contribution in [-0.4, -0.2) is 22.3 Å². The van der Waals surface area contributed by atoms with E-state index in [9.17, 15) is 10.0 Å². The number of rotatable bonds is 3. The van der Waals surface area contributed by atoms with Crippen LogP contribution in [0.3, 0.4) is 0 Å². The van der Waals surface area contributed by atoms with Crippen LogP contribution in [0.25, 0.3) is 0 Å². The Hall–Kier alpha value is -2.77. The number of aromatic nitrogens is 3. The van der Waals surface area contributed by atoms with Gasteiger partial charge in [-0.05, 0) is 17.0 Å². The number of carbonyl (C=O) groups excluding carboxylic acids is 1. The molecule has 0 atom stereocenters. The molecule has 18 heavy (non-hydrogen) atoms. The summed E-state index contributed by atoms with van der Waals surface area (Å²) in [6, 6.07) is 3.24. The van der Waals surface area contributed by atoms with E-state index in [4.69, 9.17) is 0 Å². The van der Waals surface area contributed by atoms with Gasteiger partial charge in [-0.15, -0.1) is 0 Å². The fourth-order valence-electron chi connectivity index (χ4n) is 1.13. The molecule has 0 unspecified atom stereocenters. The van der Waals surface area contributed by atoms with Crippen molar-refractivity contribution in [2.24, 2.45) is 5.10 Å². The lowest BCUT2D eigenvalue weighted by Crippen LogP contribution is -2.26. The molecule has 0 aromatic carbocycles. The largest absolute Gasteiger partial charge is 0.359 e. The predicted molar refractivity (Wildman–Crippen MR) is 59.5 cm³/mol. The van der Waals surface area contributed by atoms with Crippen LogP contribution < -0.4 is 10.3 Å². The molecule has 0 saturated heterocycles. The van der Waals surface area contributed by atoms with Gasteiger partial charge in [0.2, 0.25) is 5.69 Å². The first-order chi connectivity index (χ1) is 8.68. The first kappa shape index (κ1) is 11.7. The smallest absolute Gasteiger partial charge is 0.272 e. The van der Waals surface area contributed by atoms with E-state index >= 15 is 0 Å². The van der Waals surface area contributed by atoms with Crippen molar-refractivity contribution in [1.29, 1.82) is 0 Å². The average molecular weight is 247 g/mol. The van der Waals surface area contributed by atoms with Crippen LogP contribution in [0.5, 0.6) is 0 Å². The van der Waals surface area contributed by atoms with Crippen molar-refractivity contribution >= 4 is 12.1 Å². The Kier molecular flexibility index (Phi) is 3.28. The molecule has 1 amide bonds. The fraction of sp³-hybridized carbons (Fsp3) is 0.100. The molecular weight excluding hydrogens is 238 g/mol. The minimum atomic E-state index is -0.407. The van der Waals surface area contributed by atoms with Crippen LogP contribution in [0.2, 0.25) is 0 Å². The van der Waals surface area contributed by atoms with Gasteiger partial charge in [0.1, 0.15) is 6.21 Å². The van der Waals surface area contributed by atoms with Gasteiger partial charge in [0.05, 0.1) is 5.56 Å². The summed E-state index contributed by atoms with van der Waals surface area (Å²) in [7, 11) is 0. The van der Waals surface area contributed by atoms with Gasteiger partial charge in [-0.2, -0.15) is 5.10 Å². The number of hydrazone groups is 1. The van der Waals surface area contributed by atoms with Gasteiger partial charge >= 0.3 is 0 Å². The van der Waals surface area contributed by atoms with E-state index in [1.54, 1.807) is 18.3 Å². The highest BCUT2D eigenvalue weighted by Gasteiger charge is 2.11. The highest BCUT2D eigenvalue weighted by atomic mass is 16.8. The van der Waals surface area contributed by atoms with Crippen molar-refractivity contribution in [2.45, 2.75) is 6.92 Å². The summed E-state index contributed by atoms with van der Waals surface area (Å²) in [5.41, 5.74) is 3.17. The van der Waals surface area contributed by atoms with E-state index in [1.165, 1.54) is 19.3 Å². The third-order valence-electron chi connectivity index (χ3n) is 2.13. The Balaban J connectivity index is 2.00. The molecule has 2 aromatic rings. The molecule has 2 aromatic heterocycles. The van der Waals surface area contributed by atoms with E-state index in [0.29, 0.717) is 5.56 Å². The van der Waals surface area contributed by atoms with Crippen LogP contribution in [0.1, 0.15) is 21.7 Å². The zero-order valence-corrected chi connectivity index (χ0v) is 9.40. The van der Waals surface area contributed by atoms with E-state index in [2.05, 4.69) is 25.3 Å². The van der Waals surface area contributed by atoms with Crippen molar-refractivity contribution in [1.82, 2.24) is 15.6 Å². The first-order valence-electron chi connectivity index (χ1n) is 4.98. The maximum Gasteiger partial charge on any atom is 0.272 e. The minimum Gasteiger partial charge on any atom is -0.359 e. The SMILES string of the molecule is Cc1c(/C=N/NC(=O)c2cccnc2)no[n+]1[O-]. The molecule has 0 fully saturated rings. The van der Waals surface area contributed by atoms with Gasteiger partial charge in [0, 0.05) is 24.5 Å².